The largest absolute Gasteiger partial charge is 0.371 e. The van der Waals surface area contributed by atoms with Crippen molar-refractivity contribution in [2.75, 3.05) is 23.7 Å². The van der Waals surface area contributed by atoms with E-state index in [1.54, 1.807) is 0 Å². The van der Waals surface area contributed by atoms with Crippen molar-refractivity contribution in [3.63, 3.8) is 0 Å². The lowest BCUT2D eigenvalue weighted by atomic mass is 10.1. The van der Waals surface area contributed by atoms with E-state index in [4.69, 9.17) is 0 Å². The van der Waals surface area contributed by atoms with Gasteiger partial charge < -0.3 is 10.2 Å². The lowest BCUT2D eigenvalue weighted by Gasteiger charge is -2.25. The maximum absolute atomic E-state index is 3.75. The fourth-order valence-corrected chi connectivity index (χ4v) is 4.30. The van der Waals surface area contributed by atoms with Crippen molar-refractivity contribution >= 4 is 33.4 Å². The monoisotopic (exact) mass is 368 g/mol. The average Bonchev–Trinajstić information content (AvgIpc) is 3.25. The first-order chi connectivity index (χ1) is 10.0. The lowest BCUT2D eigenvalue weighted by molar-refractivity contribution is 0.637. The number of nitrogens with one attached hydrogen (secondary N) is 1. The Morgan fingerprint density at radius 2 is 2.14 bits per heavy atom. The summed E-state index contributed by atoms with van der Waals surface area (Å²) in [6, 6.07) is 7.63. The molecule has 0 amide bonds. The summed E-state index contributed by atoms with van der Waals surface area (Å²) in [5.41, 5.74) is 2.73. The maximum atomic E-state index is 3.75. The molecule has 4 heteroatoms. The summed E-state index contributed by atoms with van der Waals surface area (Å²) in [5, 5.41) is 3.59. The lowest BCUT2D eigenvalue weighted by Crippen LogP contribution is -2.27. The van der Waals surface area contributed by atoms with Crippen molar-refractivity contribution in [3.8, 4) is 0 Å². The molecular formula is C17H25BrN2S. The van der Waals surface area contributed by atoms with E-state index in [0.29, 0.717) is 4.75 Å². The maximum Gasteiger partial charge on any atom is 0.0378 e. The minimum absolute atomic E-state index is 0.417. The molecule has 1 aliphatic carbocycles. The zero-order chi connectivity index (χ0) is 14.9. The van der Waals surface area contributed by atoms with Gasteiger partial charge in [-0.1, -0.05) is 35.8 Å². The molecule has 1 aliphatic heterocycles. The van der Waals surface area contributed by atoms with E-state index in [2.05, 4.69) is 70.0 Å². The molecule has 1 aromatic carbocycles. The Morgan fingerprint density at radius 1 is 1.33 bits per heavy atom. The first-order valence-corrected chi connectivity index (χ1v) is 9.72. The zero-order valence-corrected chi connectivity index (χ0v) is 15.4. The van der Waals surface area contributed by atoms with Gasteiger partial charge in [0.15, 0.2) is 0 Å². The van der Waals surface area contributed by atoms with Gasteiger partial charge in [-0.15, -0.1) is 0 Å². The summed E-state index contributed by atoms with van der Waals surface area (Å²) in [6.07, 6.45) is 3.94. The molecule has 0 unspecified atom stereocenters. The number of anilines is 1. The summed E-state index contributed by atoms with van der Waals surface area (Å²) in [7, 11) is 0. The summed E-state index contributed by atoms with van der Waals surface area (Å²) < 4.78 is 1.66. The van der Waals surface area contributed by atoms with E-state index >= 15 is 0 Å². The van der Waals surface area contributed by atoms with Crippen LogP contribution in [0.4, 0.5) is 5.69 Å². The Kier molecular flexibility index (Phi) is 4.87. The van der Waals surface area contributed by atoms with Crippen molar-refractivity contribution in [2.45, 2.75) is 50.4 Å². The smallest absolute Gasteiger partial charge is 0.0378 e. The first-order valence-electron chi connectivity index (χ1n) is 7.94. The Bertz CT molecular complexity index is 500. The van der Waals surface area contributed by atoms with Gasteiger partial charge in [0.05, 0.1) is 0 Å². The van der Waals surface area contributed by atoms with Crippen LogP contribution in [-0.4, -0.2) is 29.6 Å². The molecule has 0 aromatic heterocycles. The second-order valence-corrected chi connectivity index (χ2v) is 9.43. The van der Waals surface area contributed by atoms with Crippen molar-refractivity contribution in [3.05, 3.63) is 28.2 Å². The highest BCUT2D eigenvalue weighted by molar-refractivity contribution is 9.10. The third-order valence-corrected chi connectivity index (χ3v) is 6.51. The molecule has 2 aliphatic rings. The molecule has 3 rings (SSSR count). The molecule has 1 saturated heterocycles. The van der Waals surface area contributed by atoms with Crippen molar-refractivity contribution < 1.29 is 0 Å². The minimum atomic E-state index is 0.417. The summed E-state index contributed by atoms with van der Waals surface area (Å²) >= 11 is 5.86. The predicted octanol–water partition coefficient (Wildman–Crippen LogP) is 4.42. The average molecular weight is 369 g/mol. The van der Waals surface area contributed by atoms with Gasteiger partial charge in [0.25, 0.3) is 0 Å². The fraction of sp³-hybridized carbons (Fsp3) is 0.647. The highest BCUT2D eigenvalue weighted by atomic mass is 79.9. The minimum Gasteiger partial charge on any atom is -0.371 e. The molecule has 0 spiro atoms. The van der Waals surface area contributed by atoms with Gasteiger partial charge in [0, 0.05) is 46.3 Å². The predicted molar refractivity (Wildman–Crippen MR) is 97.4 cm³/mol. The first kappa shape index (κ1) is 15.7. The SMILES string of the molecule is CC1(C)CCN(c2ccc(CNC3CC3)c(Br)c2)CCS1. The van der Waals surface area contributed by atoms with Crippen LogP contribution in [0.5, 0.6) is 0 Å². The van der Waals surface area contributed by atoms with E-state index in [-0.39, 0.29) is 0 Å². The Balaban J connectivity index is 1.65. The molecule has 2 nitrogen and oxygen atoms in total. The standard InChI is InChI=1S/C17H25BrN2S/c1-17(2)7-8-20(9-10-21-17)15-6-3-13(16(18)11-15)12-19-14-4-5-14/h3,6,11,14,19H,4-5,7-10,12H2,1-2H3. The van der Waals surface area contributed by atoms with Crippen LogP contribution < -0.4 is 10.2 Å². The topological polar surface area (TPSA) is 15.3 Å². The number of hydrogen-bond donors (Lipinski definition) is 1. The Hall–Kier alpha value is -0.190. The van der Waals surface area contributed by atoms with Crippen LogP contribution in [0.25, 0.3) is 0 Å². The fourth-order valence-electron chi connectivity index (χ4n) is 2.70. The van der Waals surface area contributed by atoms with Crippen LogP contribution >= 0.6 is 27.7 Å². The van der Waals surface area contributed by atoms with Gasteiger partial charge in [-0.2, -0.15) is 11.8 Å². The van der Waals surface area contributed by atoms with E-state index in [1.165, 1.54) is 40.7 Å². The summed E-state index contributed by atoms with van der Waals surface area (Å²) in [6.45, 7) is 8.02. The number of halogens is 1. The Morgan fingerprint density at radius 3 is 2.86 bits per heavy atom. The van der Waals surface area contributed by atoms with Gasteiger partial charge in [0.1, 0.15) is 0 Å². The molecule has 1 saturated carbocycles. The zero-order valence-electron chi connectivity index (χ0n) is 13.0. The van der Waals surface area contributed by atoms with Crippen LogP contribution in [-0.2, 0) is 6.54 Å². The van der Waals surface area contributed by atoms with E-state index in [1.807, 2.05) is 0 Å². The van der Waals surface area contributed by atoms with E-state index in [0.717, 1.165) is 25.7 Å². The third-order valence-electron chi connectivity index (χ3n) is 4.40. The Labute approximate surface area is 141 Å². The van der Waals surface area contributed by atoms with E-state index in [9.17, 15) is 0 Å². The van der Waals surface area contributed by atoms with Crippen LogP contribution in [0.1, 0.15) is 38.7 Å². The van der Waals surface area contributed by atoms with Gasteiger partial charge in [0.2, 0.25) is 0 Å². The summed E-state index contributed by atoms with van der Waals surface area (Å²) in [4.78, 5) is 2.53. The van der Waals surface area contributed by atoms with Crippen LogP contribution in [0, 0.1) is 0 Å². The van der Waals surface area contributed by atoms with Crippen molar-refractivity contribution in [2.24, 2.45) is 0 Å². The molecule has 21 heavy (non-hydrogen) atoms. The highest BCUT2D eigenvalue weighted by Gasteiger charge is 2.24. The van der Waals surface area contributed by atoms with E-state index < -0.39 is 0 Å². The summed E-state index contributed by atoms with van der Waals surface area (Å²) in [5.74, 6) is 1.22. The molecule has 116 valence electrons. The molecule has 0 bridgehead atoms. The molecular weight excluding hydrogens is 344 g/mol. The van der Waals surface area contributed by atoms with Gasteiger partial charge in [-0.3, -0.25) is 0 Å². The number of nitrogens with zero attached hydrogens (tertiary/aromatic N) is 1. The van der Waals surface area contributed by atoms with Gasteiger partial charge >= 0.3 is 0 Å². The molecule has 1 heterocycles. The quantitative estimate of drug-likeness (QED) is 0.846. The van der Waals surface area contributed by atoms with Crippen molar-refractivity contribution in [1.29, 1.82) is 0 Å². The van der Waals surface area contributed by atoms with Crippen molar-refractivity contribution in [1.82, 2.24) is 5.32 Å². The number of hydrogen-bond acceptors (Lipinski definition) is 3. The highest BCUT2D eigenvalue weighted by Crippen LogP contribution is 2.33. The van der Waals surface area contributed by atoms with Crippen LogP contribution in [0.15, 0.2) is 22.7 Å². The van der Waals surface area contributed by atoms with Gasteiger partial charge in [-0.25, -0.2) is 0 Å². The molecule has 2 fully saturated rings. The second kappa shape index (κ2) is 6.51. The van der Waals surface area contributed by atoms with Crippen LogP contribution in [0.2, 0.25) is 0 Å². The molecule has 1 aromatic rings. The molecule has 0 atom stereocenters. The number of thioether (sulfide) groups is 1. The molecule has 1 N–H and O–H groups in total. The molecule has 0 radical (unpaired) electrons. The number of benzene rings is 1. The second-order valence-electron chi connectivity index (χ2n) is 6.78. The third kappa shape index (κ3) is 4.40. The normalized spacial score (nSPS) is 22.1. The van der Waals surface area contributed by atoms with Crippen LogP contribution in [0.3, 0.4) is 0 Å². The number of rotatable bonds is 4. The van der Waals surface area contributed by atoms with Gasteiger partial charge in [-0.05, 0) is 37.0 Å².